The molecule has 4 aromatic rings. The van der Waals surface area contributed by atoms with Gasteiger partial charge in [0.2, 0.25) is 41.4 Å². The number of nitrogens with one attached hydrogen (secondary N) is 6. The molecule has 28 heteroatoms. The van der Waals surface area contributed by atoms with Gasteiger partial charge in [-0.25, -0.2) is 14.2 Å². The maximum absolute atomic E-state index is 15.4. The number of ether oxygens (including phenoxy) is 4. The van der Waals surface area contributed by atoms with E-state index in [4.69, 9.17) is 23.9 Å². The van der Waals surface area contributed by atoms with Gasteiger partial charge >= 0.3 is 5.97 Å². The first-order valence-corrected chi connectivity index (χ1v) is 28.6. The van der Waals surface area contributed by atoms with E-state index in [0.717, 1.165) is 17.1 Å². The van der Waals surface area contributed by atoms with Crippen LogP contribution in [0.2, 0.25) is 0 Å². The minimum absolute atomic E-state index is 0.0172. The molecule has 1 saturated heterocycles. The highest BCUT2D eigenvalue weighted by Crippen LogP contribution is 2.46. The van der Waals surface area contributed by atoms with E-state index in [1.165, 1.54) is 10.6 Å². The van der Waals surface area contributed by atoms with Crippen molar-refractivity contribution in [1.29, 1.82) is 0 Å². The van der Waals surface area contributed by atoms with Gasteiger partial charge in [-0.2, -0.15) is 0 Å². The number of imide groups is 1. The average Bonchev–Trinajstić information content (AvgIpc) is 1.71. The number of carbonyl (C=O) groups excluding carboxylic acids is 10. The molecule has 0 radical (unpaired) electrons. The third-order valence-electron chi connectivity index (χ3n) is 15.9. The molecule has 9 rings (SSSR count). The van der Waals surface area contributed by atoms with E-state index in [9.17, 15) is 57.8 Å². The summed E-state index contributed by atoms with van der Waals surface area (Å²) in [6, 6.07) is 9.77. The SMILES string of the molecule is CC[C@@]1(O)C(=O)OCc2c1cc1n(c2=O)Cc2c-1nc1cc(F)c(C)c3c1c2[C@@H](NC(=O)COCNC(=O)CNC(=O)[C@H](Cc1ccccc1)NC(=O)CNC(=O)CNC(=O)CN1CCOCCN(C(=O)CCN2C(=O)C=CC2=O)CCOCC1)CC3. The van der Waals surface area contributed by atoms with Gasteiger partial charge in [-0.15, -0.1) is 0 Å². The van der Waals surface area contributed by atoms with Crippen LogP contribution in [-0.2, 0) is 98.5 Å². The van der Waals surface area contributed by atoms with Crippen LogP contribution in [0.4, 0.5) is 4.39 Å². The number of carbonyl (C=O) groups is 10. The Morgan fingerprint density at radius 2 is 1.48 bits per heavy atom. The smallest absolute Gasteiger partial charge is 0.343 e. The van der Waals surface area contributed by atoms with Gasteiger partial charge < -0.3 is 65.4 Å². The van der Waals surface area contributed by atoms with Crippen molar-refractivity contribution in [2.75, 3.05) is 98.7 Å². The van der Waals surface area contributed by atoms with Crippen LogP contribution in [0.25, 0.3) is 22.3 Å². The normalized spacial score (nSPS) is 18.7. The van der Waals surface area contributed by atoms with E-state index in [0.29, 0.717) is 76.0 Å². The quantitative estimate of drug-likeness (QED) is 0.0186. The number of rotatable bonds is 21. The second-order valence-corrected chi connectivity index (χ2v) is 21.4. The Hall–Kier alpha value is -8.83. The zero-order valence-corrected chi connectivity index (χ0v) is 48.1. The number of hydrogen-bond acceptors (Lipinski definition) is 18. The van der Waals surface area contributed by atoms with Crippen LogP contribution in [0.15, 0.2) is 59.4 Å². The number of amides is 9. The lowest BCUT2D eigenvalue weighted by molar-refractivity contribution is -0.172. The highest BCUT2D eigenvalue weighted by molar-refractivity contribution is 6.13. The number of nitrogens with zero attached hydrogens (tertiary/aromatic N) is 5. The molecule has 3 atom stereocenters. The molecule has 0 bridgehead atoms. The van der Waals surface area contributed by atoms with Crippen molar-refractivity contribution >= 4 is 70.0 Å². The van der Waals surface area contributed by atoms with Gasteiger partial charge in [0, 0.05) is 80.3 Å². The predicted molar refractivity (Wildman–Crippen MR) is 304 cm³/mol. The van der Waals surface area contributed by atoms with Crippen molar-refractivity contribution in [2.45, 2.75) is 76.8 Å². The molecule has 2 aromatic carbocycles. The van der Waals surface area contributed by atoms with E-state index in [2.05, 4.69) is 31.9 Å². The number of esters is 1. The Morgan fingerprint density at radius 1 is 0.816 bits per heavy atom. The second-order valence-electron chi connectivity index (χ2n) is 21.4. The zero-order chi connectivity index (χ0) is 61.9. The van der Waals surface area contributed by atoms with Crippen molar-refractivity contribution in [2.24, 2.45) is 0 Å². The molecular weight excluding hydrogens is 1140 g/mol. The first kappa shape index (κ1) is 62.7. The molecular formula is C59H68FN11O16. The summed E-state index contributed by atoms with van der Waals surface area (Å²) in [7, 11) is 0. The number of aromatic nitrogens is 2. The molecule has 0 unspecified atom stereocenters. The Labute approximate surface area is 497 Å². The predicted octanol–water partition coefficient (Wildman–Crippen LogP) is -1.71. The summed E-state index contributed by atoms with van der Waals surface area (Å²) in [5, 5.41) is 27.5. The lowest BCUT2D eigenvalue weighted by Gasteiger charge is -2.31. The maximum Gasteiger partial charge on any atom is 0.343 e. The van der Waals surface area contributed by atoms with E-state index >= 15 is 4.39 Å². The fourth-order valence-electron chi connectivity index (χ4n) is 11.1. The molecule has 462 valence electrons. The molecule has 1 fully saturated rings. The fraction of sp³-hybridized carbons (Fsp3) is 0.458. The molecule has 87 heavy (non-hydrogen) atoms. The van der Waals surface area contributed by atoms with Gasteiger partial charge in [0.05, 0.1) is 87.7 Å². The van der Waals surface area contributed by atoms with Crippen LogP contribution in [-0.4, -0.2) is 193 Å². The van der Waals surface area contributed by atoms with Crippen LogP contribution >= 0.6 is 0 Å². The van der Waals surface area contributed by atoms with Crippen LogP contribution < -0.4 is 37.5 Å². The van der Waals surface area contributed by atoms with Crippen LogP contribution in [0, 0.1) is 12.7 Å². The van der Waals surface area contributed by atoms with E-state index in [-0.39, 0.29) is 102 Å². The molecule has 27 nitrogen and oxygen atoms in total. The number of aryl methyl sites for hydroxylation is 1. The van der Waals surface area contributed by atoms with Crippen molar-refractivity contribution in [3.63, 3.8) is 0 Å². The number of fused-ring (bicyclic) bond motifs is 5. The van der Waals surface area contributed by atoms with Gasteiger partial charge in [0.25, 0.3) is 17.4 Å². The topological polar surface area (TPSA) is 345 Å². The summed E-state index contributed by atoms with van der Waals surface area (Å²) in [4.78, 5) is 151. The number of aliphatic hydroxyl groups is 1. The lowest BCUT2D eigenvalue weighted by Crippen LogP contribution is -2.52. The standard InChI is InChI=1S/C59H68FN11O16/c1-3-59(83)39-24-44-55-37(29-71(44)57(81)38(39)31-87-58(59)82)54-41(10-9-36-34(2)40(60)25-42(67-55)53(36)54)65-49(76)32-86-33-64-46(73)27-63-56(80)43(23-35-7-5-4-6-8-35)66-47(74)28-61-45(72)26-62-48(75)30-68-15-19-84-21-17-69(18-22-85-20-16-68)50(77)13-14-70-51(78)11-12-52(70)79/h4-8,11-12,24-25,41,43,83H,3,9-10,13-23,26-33H2,1-2H3,(H,61,72)(H,62,75)(H,63,80)(H,64,73)(H,65,76)(H,66,74)/t41-,43-,59-/m0/s1. The molecule has 1 aliphatic carbocycles. The molecule has 2 aromatic heterocycles. The molecule has 9 amide bonds. The van der Waals surface area contributed by atoms with Crippen LogP contribution in [0.1, 0.15) is 71.2 Å². The first-order valence-electron chi connectivity index (χ1n) is 28.6. The summed E-state index contributed by atoms with van der Waals surface area (Å²) in [6.07, 6.45) is 2.99. The Kier molecular flexibility index (Phi) is 20.3. The monoisotopic (exact) mass is 1210 g/mol. The van der Waals surface area contributed by atoms with Gasteiger partial charge in [-0.3, -0.25) is 57.7 Å². The zero-order valence-electron chi connectivity index (χ0n) is 48.1. The van der Waals surface area contributed by atoms with Gasteiger partial charge in [0.15, 0.2) is 5.60 Å². The van der Waals surface area contributed by atoms with E-state index < -0.39 is 115 Å². The second kappa shape index (κ2) is 28.1. The molecule has 6 heterocycles. The largest absolute Gasteiger partial charge is 0.458 e. The highest BCUT2D eigenvalue weighted by atomic mass is 19.1. The summed E-state index contributed by atoms with van der Waals surface area (Å²) in [5.74, 6) is -6.42. The van der Waals surface area contributed by atoms with Crippen molar-refractivity contribution in [3.05, 3.63) is 110 Å². The molecule has 7 N–H and O–H groups in total. The maximum atomic E-state index is 15.4. The number of pyridine rings is 2. The number of benzene rings is 2. The Balaban J connectivity index is 0.705. The summed E-state index contributed by atoms with van der Waals surface area (Å²) in [6.45, 7) is 2.32. The van der Waals surface area contributed by atoms with E-state index in [1.807, 2.05) is 0 Å². The van der Waals surface area contributed by atoms with Crippen molar-refractivity contribution in [3.8, 4) is 11.4 Å². The van der Waals surface area contributed by atoms with Crippen LogP contribution in [0.3, 0.4) is 0 Å². The summed E-state index contributed by atoms with van der Waals surface area (Å²) >= 11 is 0. The Morgan fingerprint density at radius 3 is 2.20 bits per heavy atom. The van der Waals surface area contributed by atoms with Crippen LogP contribution in [0.5, 0.6) is 0 Å². The molecule has 0 saturated carbocycles. The first-order chi connectivity index (χ1) is 41.8. The number of hydrogen-bond donors (Lipinski definition) is 7. The summed E-state index contributed by atoms with van der Waals surface area (Å²) in [5.41, 5.74) is 1.76. The summed E-state index contributed by atoms with van der Waals surface area (Å²) < 4.78 is 39.1. The molecule has 5 aliphatic rings. The number of cyclic esters (lactones) is 1. The third kappa shape index (κ3) is 14.7. The Bertz CT molecular complexity index is 3450. The van der Waals surface area contributed by atoms with Gasteiger partial charge in [-0.1, -0.05) is 37.3 Å². The van der Waals surface area contributed by atoms with Gasteiger partial charge in [0.1, 0.15) is 31.8 Å². The molecule has 4 aliphatic heterocycles. The van der Waals surface area contributed by atoms with Gasteiger partial charge in [-0.05, 0) is 54.5 Å². The third-order valence-corrected chi connectivity index (χ3v) is 15.9. The number of halogens is 1. The van der Waals surface area contributed by atoms with E-state index in [1.54, 1.807) is 60.0 Å². The van der Waals surface area contributed by atoms with Crippen molar-refractivity contribution in [1.82, 2.24) is 56.2 Å². The minimum atomic E-state index is -2.06. The lowest BCUT2D eigenvalue weighted by atomic mass is 9.81. The minimum Gasteiger partial charge on any atom is -0.458 e. The highest BCUT2D eigenvalue weighted by Gasteiger charge is 2.46. The average molecular weight is 1210 g/mol. The fourth-order valence-corrected chi connectivity index (χ4v) is 11.1. The molecule has 0 spiro atoms. The van der Waals surface area contributed by atoms with Crippen molar-refractivity contribution < 1.29 is 76.4 Å².